The SMILES string of the molecule is Cc1cc2c(c(NC(=O)c3c(C)ccn(CC4CCCO4)c3=O)c1)NC(=O)CC2. The number of fused-ring (bicyclic) bond motifs is 1. The van der Waals surface area contributed by atoms with Gasteiger partial charge in [-0.3, -0.25) is 14.4 Å². The van der Waals surface area contributed by atoms with Gasteiger partial charge < -0.3 is 19.9 Å². The van der Waals surface area contributed by atoms with Crippen molar-refractivity contribution in [3.05, 3.63) is 57.0 Å². The van der Waals surface area contributed by atoms with Gasteiger partial charge in [-0.15, -0.1) is 0 Å². The van der Waals surface area contributed by atoms with Crippen LogP contribution >= 0.6 is 0 Å². The molecule has 2 aliphatic heterocycles. The highest BCUT2D eigenvalue weighted by molar-refractivity contribution is 6.08. The third-order valence-corrected chi connectivity index (χ3v) is 5.52. The molecule has 2 aromatic rings. The maximum atomic E-state index is 13.1. The van der Waals surface area contributed by atoms with Crippen LogP contribution in [0.5, 0.6) is 0 Å². The second-order valence-electron chi connectivity index (χ2n) is 7.82. The van der Waals surface area contributed by atoms with Gasteiger partial charge in [0.1, 0.15) is 5.56 Å². The Balaban J connectivity index is 1.65. The molecule has 0 radical (unpaired) electrons. The van der Waals surface area contributed by atoms with Crippen molar-refractivity contribution >= 4 is 23.2 Å². The summed E-state index contributed by atoms with van der Waals surface area (Å²) < 4.78 is 7.17. The molecule has 1 fully saturated rings. The Morgan fingerprint density at radius 1 is 1.28 bits per heavy atom. The number of nitrogens with one attached hydrogen (secondary N) is 2. The van der Waals surface area contributed by atoms with Crippen molar-refractivity contribution in [2.75, 3.05) is 17.2 Å². The highest BCUT2D eigenvalue weighted by Crippen LogP contribution is 2.32. The third-order valence-electron chi connectivity index (χ3n) is 5.52. The van der Waals surface area contributed by atoms with Crippen molar-refractivity contribution < 1.29 is 14.3 Å². The molecule has 1 aromatic heterocycles. The number of amides is 2. The maximum Gasteiger partial charge on any atom is 0.263 e. The van der Waals surface area contributed by atoms with Gasteiger partial charge in [-0.05, 0) is 61.9 Å². The number of carbonyl (C=O) groups excluding carboxylic acids is 2. The lowest BCUT2D eigenvalue weighted by Crippen LogP contribution is -2.33. The quantitative estimate of drug-likeness (QED) is 0.833. The second kappa shape index (κ2) is 7.83. The highest BCUT2D eigenvalue weighted by atomic mass is 16.5. The van der Waals surface area contributed by atoms with E-state index in [2.05, 4.69) is 10.6 Å². The van der Waals surface area contributed by atoms with Crippen LogP contribution in [0.25, 0.3) is 0 Å². The van der Waals surface area contributed by atoms with Crippen LogP contribution in [0.15, 0.2) is 29.2 Å². The summed E-state index contributed by atoms with van der Waals surface area (Å²) in [4.78, 5) is 37.9. The van der Waals surface area contributed by atoms with E-state index in [1.165, 1.54) is 0 Å². The third kappa shape index (κ3) is 3.96. The summed E-state index contributed by atoms with van der Waals surface area (Å²) in [6.45, 7) is 4.84. The summed E-state index contributed by atoms with van der Waals surface area (Å²) in [5, 5.41) is 5.70. The van der Waals surface area contributed by atoms with Crippen LogP contribution in [0.3, 0.4) is 0 Å². The van der Waals surface area contributed by atoms with Crippen LogP contribution in [0.1, 0.15) is 46.3 Å². The number of benzene rings is 1. The number of hydrogen-bond donors (Lipinski definition) is 2. The maximum absolute atomic E-state index is 13.1. The Morgan fingerprint density at radius 2 is 2.10 bits per heavy atom. The molecule has 1 saturated heterocycles. The summed E-state index contributed by atoms with van der Waals surface area (Å²) in [6.07, 6.45) is 4.68. The monoisotopic (exact) mass is 395 g/mol. The number of aromatic nitrogens is 1. The number of nitrogens with zero attached hydrogens (tertiary/aromatic N) is 1. The lowest BCUT2D eigenvalue weighted by atomic mass is 9.99. The van der Waals surface area contributed by atoms with Crippen molar-refractivity contribution in [2.24, 2.45) is 0 Å². The Kier molecular flexibility index (Phi) is 5.24. The predicted octanol–water partition coefficient (Wildman–Crippen LogP) is 2.78. The van der Waals surface area contributed by atoms with Crippen LogP contribution in [-0.4, -0.2) is 29.1 Å². The molecule has 4 rings (SSSR count). The van der Waals surface area contributed by atoms with Crippen molar-refractivity contribution in [3.8, 4) is 0 Å². The average Bonchev–Trinajstić information content (AvgIpc) is 3.18. The number of hydrogen-bond acceptors (Lipinski definition) is 4. The second-order valence-corrected chi connectivity index (χ2v) is 7.82. The van der Waals surface area contributed by atoms with Gasteiger partial charge in [0.15, 0.2) is 0 Å². The van der Waals surface area contributed by atoms with Crippen molar-refractivity contribution in [1.82, 2.24) is 4.57 Å². The number of rotatable bonds is 4. The van der Waals surface area contributed by atoms with E-state index < -0.39 is 5.91 Å². The molecule has 0 saturated carbocycles. The first kappa shape index (κ1) is 19.4. The van der Waals surface area contributed by atoms with Crippen LogP contribution in [0.2, 0.25) is 0 Å². The number of ether oxygens (including phenoxy) is 1. The highest BCUT2D eigenvalue weighted by Gasteiger charge is 2.23. The van der Waals surface area contributed by atoms with Gasteiger partial charge in [0, 0.05) is 19.2 Å². The molecule has 0 aliphatic carbocycles. The molecule has 0 spiro atoms. The van der Waals surface area contributed by atoms with E-state index >= 15 is 0 Å². The average molecular weight is 395 g/mol. The van der Waals surface area contributed by atoms with Gasteiger partial charge in [0.25, 0.3) is 11.5 Å². The van der Waals surface area contributed by atoms with Crippen molar-refractivity contribution in [2.45, 2.75) is 52.2 Å². The number of anilines is 2. The van der Waals surface area contributed by atoms with Gasteiger partial charge in [0.05, 0.1) is 24.0 Å². The predicted molar refractivity (Wildman–Crippen MR) is 110 cm³/mol. The van der Waals surface area contributed by atoms with Gasteiger partial charge in [-0.1, -0.05) is 6.07 Å². The van der Waals surface area contributed by atoms with Gasteiger partial charge in [0.2, 0.25) is 5.91 Å². The van der Waals surface area contributed by atoms with Gasteiger partial charge in [-0.2, -0.15) is 0 Å². The topological polar surface area (TPSA) is 89.4 Å². The molecule has 2 amide bonds. The van der Waals surface area contributed by atoms with E-state index in [4.69, 9.17) is 4.74 Å². The normalized spacial score (nSPS) is 18.3. The standard InChI is InChI=1S/C22H25N3O4/c1-13-10-15-5-6-18(26)24-20(15)17(11-13)23-21(27)19-14(2)7-8-25(22(19)28)12-16-4-3-9-29-16/h7-8,10-11,16H,3-6,9,12H2,1-2H3,(H,23,27)(H,24,26). The summed E-state index contributed by atoms with van der Waals surface area (Å²) in [7, 11) is 0. The fourth-order valence-corrected chi connectivity index (χ4v) is 4.03. The fourth-order valence-electron chi connectivity index (χ4n) is 4.03. The Labute approximate surface area is 169 Å². The molecule has 1 aromatic carbocycles. The zero-order valence-corrected chi connectivity index (χ0v) is 16.7. The summed E-state index contributed by atoms with van der Waals surface area (Å²) in [5.74, 6) is -0.548. The number of carbonyl (C=O) groups is 2. The number of aryl methyl sites for hydroxylation is 3. The molecule has 1 atom stereocenters. The molecule has 1 unspecified atom stereocenters. The first-order chi connectivity index (χ1) is 13.9. The van der Waals surface area contributed by atoms with E-state index in [9.17, 15) is 14.4 Å². The lowest BCUT2D eigenvalue weighted by Gasteiger charge is -2.21. The van der Waals surface area contributed by atoms with Gasteiger partial charge in [-0.25, -0.2) is 0 Å². The zero-order valence-electron chi connectivity index (χ0n) is 16.7. The van der Waals surface area contributed by atoms with E-state index in [0.29, 0.717) is 42.9 Å². The Morgan fingerprint density at radius 3 is 2.86 bits per heavy atom. The molecular formula is C22H25N3O4. The summed E-state index contributed by atoms with van der Waals surface area (Å²) >= 11 is 0. The van der Waals surface area contributed by atoms with Crippen LogP contribution < -0.4 is 16.2 Å². The van der Waals surface area contributed by atoms with E-state index in [1.807, 2.05) is 19.1 Å². The lowest BCUT2D eigenvalue weighted by molar-refractivity contribution is -0.116. The first-order valence-corrected chi connectivity index (χ1v) is 9.99. The van der Waals surface area contributed by atoms with Gasteiger partial charge >= 0.3 is 0 Å². The Hall–Kier alpha value is -2.93. The molecule has 152 valence electrons. The molecular weight excluding hydrogens is 370 g/mol. The van der Waals surface area contributed by atoms with Crippen LogP contribution in [-0.2, 0) is 22.5 Å². The molecule has 2 aliphatic rings. The largest absolute Gasteiger partial charge is 0.376 e. The minimum atomic E-state index is -0.471. The van der Waals surface area contributed by atoms with E-state index in [1.54, 1.807) is 23.8 Å². The molecule has 2 N–H and O–H groups in total. The molecule has 7 heteroatoms. The minimum absolute atomic E-state index is 0.00493. The van der Waals surface area contributed by atoms with Crippen molar-refractivity contribution in [3.63, 3.8) is 0 Å². The van der Waals surface area contributed by atoms with Crippen LogP contribution in [0, 0.1) is 13.8 Å². The molecule has 0 bridgehead atoms. The summed E-state index contributed by atoms with van der Waals surface area (Å²) in [6, 6.07) is 5.59. The van der Waals surface area contributed by atoms with Crippen molar-refractivity contribution in [1.29, 1.82) is 0 Å². The minimum Gasteiger partial charge on any atom is -0.376 e. The van der Waals surface area contributed by atoms with E-state index in [0.717, 1.165) is 24.0 Å². The first-order valence-electron chi connectivity index (χ1n) is 9.99. The van der Waals surface area contributed by atoms with Crippen LogP contribution in [0.4, 0.5) is 11.4 Å². The zero-order chi connectivity index (χ0) is 20.5. The number of pyridine rings is 1. The molecule has 7 nitrogen and oxygen atoms in total. The smallest absolute Gasteiger partial charge is 0.263 e. The summed E-state index contributed by atoms with van der Waals surface area (Å²) in [5.41, 5.74) is 3.50. The molecule has 3 heterocycles. The van der Waals surface area contributed by atoms with E-state index in [-0.39, 0.29) is 23.1 Å². The molecule has 29 heavy (non-hydrogen) atoms. The Bertz CT molecular complexity index is 1040. The fraction of sp³-hybridized carbons (Fsp3) is 0.409.